The molecule has 84 valence electrons. The van der Waals surface area contributed by atoms with Gasteiger partial charge in [-0.2, -0.15) is 0 Å². The van der Waals surface area contributed by atoms with E-state index in [2.05, 4.69) is 20.8 Å². The molecular formula is C14H28. The van der Waals surface area contributed by atoms with Crippen molar-refractivity contribution in [3.8, 4) is 0 Å². The molecule has 0 nitrogen and oxygen atoms in total. The maximum absolute atomic E-state index is 2.53. The number of rotatable bonds is 5. The van der Waals surface area contributed by atoms with Crippen LogP contribution in [-0.4, -0.2) is 0 Å². The maximum atomic E-state index is 2.53. The van der Waals surface area contributed by atoms with E-state index in [9.17, 15) is 0 Å². The van der Waals surface area contributed by atoms with Crippen LogP contribution in [0.1, 0.15) is 78.6 Å². The lowest BCUT2D eigenvalue weighted by atomic mass is 9.66. The van der Waals surface area contributed by atoms with E-state index in [0.717, 1.165) is 5.92 Å². The van der Waals surface area contributed by atoms with Gasteiger partial charge in [0.1, 0.15) is 0 Å². The molecule has 0 aromatic heterocycles. The van der Waals surface area contributed by atoms with Crippen LogP contribution < -0.4 is 0 Å². The third kappa shape index (κ3) is 3.29. The van der Waals surface area contributed by atoms with Crippen molar-refractivity contribution in [2.45, 2.75) is 78.6 Å². The van der Waals surface area contributed by atoms with E-state index in [4.69, 9.17) is 0 Å². The summed E-state index contributed by atoms with van der Waals surface area (Å²) in [6, 6.07) is 0. The number of unbranched alkanes of at least 4 members (excludes halogenated alkanes) is 3. The molecule has 1 aliphatic carbocycles. The Morgan fingerprint density at radius 2 is 1.93 bits per heavy atom. The van der Waals surface area contributed by atoms with E-state index in [1.165, 1.54) is 57.8 Å². The summed E-state index contributed by atoms with van der Waals surface area (Å²) in [5.41, 5.74) is 0.686. The summed E-state index contributed by atoms with van der Waals surface area (Å²) in [6.07, 6.45) is 13.1. The highest BCUT2D eigenvalue weighted by Crippen LogP contribution is 2.44. The Morgan fingerprint density at radius 3 is 2.57 bits per heavy atom. The minimum Gasteiger partial charge on any atom is -0.0654 e. The number of hydrogen-bond donors (Lipinski definition) is 0. The van der Waals surface area contributed by atoms with Gasteiger partial charge in [0.2, 0.25) is 0 Å². The Balaban J connectivity index is 2.25. The maximum Gasteiger partial charge on any atom is -0.0300 e. The SMILES string of the molecule is CCCCCCC1(C)CCCCC1C. The molecule has 0 aromatic rings. The first-order chi connectivity index (χ1) is 6.69. The van der Waals surface area contributed by atoms with Crippen LogP contribution in [-0.2, 0) is 0 Å². The Bertz CT molecular complexity index is 150. The van der Waals surface area contributed by atoms with E-state index >= 15 is 0 Å². The first kappa shape index (κ1) is 12.1. The van der Waals surface area contributed by atoms with Crippen molar-refractivity contribution < 1.29 is 0 Å². The predicted octanol–water partition coefficient (Wildman–Crippen LogP) is 5.17. The lowest BCUT2D eigenvalue weighted by Crippen LogP contribution is -2.28. The average molecular weight is 196 g/mol. The van der Waals surface area contributed by atoms with Crippen molar-refractivity contribution in [2.24, 2.45) is 11.3 Å². The standard InChI is InChI=1S/C14H28/c1-4-5-6-8-11-14(3)12-9-7-10-13(14)2/h13H,4-12H2,1-3H3. The zero-order valence-corrected chi connectivity index (χ0v) is 10.4. The second kappa shape index (κ2) is 5.78. The van der Waals surface area contributed by atoms with Crippen molar-refractivity contribution in [1.29, 1.82) is 0 Å². The largest absolute Gasteiger partial charge is 0.0654 e. The Kier molecular flexibility index (Phi) is 4.98. The second-order valence-electron chi connectivity index (χ2n) is 5.61. The lowest BCUT2D eigenvalue weighted by molar-refractivity contribution is 0.114. The summed E-state index contributed by atoms with van der Waals surface area (Å²) < 4.78 is 0. The van der Waals surface area contributed by atoms with Crippen LogP contribution in [0, 0.1) is 11.3 Å². The molecule has 1 aliphatic rings. The molecule has 0 bridgehead atoms. The van der Waals surface area contributed by atoms with Crippen molar-refractivity contribution >= 4 is 0 Å². The van der Waals surface area contributed by atoms with E-state index in [0.29, 0.717) is 5.41 Å². The van der Waals surface area contributed by atoms with E-state index in [1.54, 1.807) is 0 Å². The molecule has 0 radical (unpaired) electrons. The van der Waals surface area contributed by atoms with Crippen LogP contribution in [0.25, 0.3) is 0 Å². The molecule has 0 saturated heterocycles. The molecule has 0 amide bonds. The van der Waals surface area contributed by atoms with Crippen LogP contribution >= 0.6 is 0 Å². The minimum absolute atomic E-state index is 0.686. The molecule has 0 spiro atoms. The van der Waals surface area contributed by atoms with Gasteiger partial charge in [-0.05, 0) is 24.2 Å². The summed E-state index contributed by atoms with van der Waals surface area (Å²) in [5, 5.41) is 0. The fourth-order valence-electron chi connectivity index (χ4n) is 2.90. The molecule has 0 heteroatoms. The quantitative estimate of drug-likeness (QED) is 0.532. The molecule has 2 unspecified atom stereocenters. The summed E-state index contributed by atoms with van der Waals surface area (Å²) in [6.45, 7) is 7.30. The summed E-state index contributed by atoms with van der Waals surface area (Å²) >= 11 is 0. The van der Waals surface area contributed by atoms with Gasteiger partial charge in [0, 0.05) is 0 Å². The Labute approximate surface area is 90.5 Å². The molecule has 1 saturated carbocycles. The Hall–Kier alpha value is 0. The summed E-state index contributed by atoms with van der Waals surface area (Å²) in [5.74, 6) is 0.970. The van der Waals surface area contributed by atoms with Crippen LogP contribution in [0.4, 0.5) is 0 Å². The van der Waals surface area contributed by atoms with Gasteiger partial charge >= 0.3 is 0 Å². The highest BCUT2D eigenvalue weighted by atomic mass is 14.4. The zero-order valence-electron chi connectivity index (χ0n) is 10.4. The fourth-order valence-corrected chi connectivity index (χ4v) is 2.90. The normalized spacial score (nSPS) is 33.2. The predicted molar refractivity (Wildman–Crippen MR) is 64.5 cm³/mol. The molecule has 0 aliphatic heterocycles. The second-order valence-corrected chi connectivity index (χ2v) is 5.61. The van der Waals surface area contributed by atoms with Crippen molar-refractivity contribution in [1.82, 2.24) is 0 Å². The minimum atomic E-state index is 0.686. The van der Waals surface area contributed by atoms with Gasteiger partial charge in [-0.3, -0.25) is 0 Å². The van der Waals surface area contributed by atoms with Crippen LogP contribution in [0.15, 0.2) is 0 Å². The first-order valence-electron chi connectivity index (χ1n) is 6.69. The first-order valence-corrected chi connectivity index (χ1v) is 6.69. The van der Waals surface area contributed by atoms with E-state index in [1.807, 2.05) is 0 Å². The fraction of sp³-hybridized carbons (Fsp3) is 1.00. The third-order valence-electron chi connectivity index (χ3n) is 4.43. The van der Waals surface area contributed by atoms with Gasteiger partial charge in [0.05, 0.1) is 0 Å². The third-order valence-corrected chi connectivity index (χ3v) is 4.43. The van der Waals surface area contributed by atoms with Crippen LogP contribution in [0.2, 0.25) is 0 Å². The smallest absolute Gasteiger partial charge is 0.0300 e. The molecule has 14 heavy (non-hydrogen) atoms. The number of hydrogen-bond acceptors (Lipinski definition) is 0. The van der Waals surface area contributed by atoms with Crippen molar-refractivity contribution in [3.05, 3.63) is 0 Å². The molecule has 1 rings (SSSR count). The van der Waals surface area contributed by atoms with Gasteiger partial charge in [0.25, 0.3) is 0 Å². The van der Waals surface area contributed by atoms with E-state index in [-0.39, 0.29) is 0 Å². The summed E-state index contributed by atoms with van der Waals surface area (Å²) in [4.78, 5) is 0. The van der Waals surface area contributed by atoms with Gasteiger partial charge in [-0.25, -0.2) is 0 Å². The Morgan fingerprint density at radius 1 is 1.14 bits per heavy atom. The van der Waals surface area contributed by atoms with Crippen molar-refractivity contribution in [2.75, 3.05) is 0 Å². The molecule has 0 N–H and O–H groups in total. The lowest BCUT2D eigenvalue weighted by Gasteiger charge is -2.40. The van der Waals surface area contributed by atoms with Crippen LogP contribution in [0.5, 0.6) is 0 Å². The highest BCUT2D eigenvalue weighted by molar-refractivity contribution is 4.83. The summed E-state index contributed by atoms with van der Waals surface area (Å²) in [7, 11) is 0. The highest BCUT2D eigenvalue weighted by Gasteiger charge is 2.32. The molecule has 2 atom stereocenters. The zero-order chi connectivity index (χ0) is 10.4. The molecule has 0 aromatic carbocycles. The van der Waals surface area contributed by atoms with Gasteiger partial charge in [0.15, 0.2) is 0 Å². The topological polar surface area (TPSA) is 0 Å². The van der Waals surface area contributed by atoms with Gasteiger partial charge < -0.3 is 0 Å². The van der Waals surface area contributed by atoms with Crippen LogP contribution in [0.3, 0.4) is 0 Å². The molecule has 0 heterocycles. The van der Waals surface area contributed by atoms with Crippen molar-refractivity contribution in [3.63, 3.8) is 0 Å². The monoisotopic (exact) mass is 196 g/mol. The molecule has 1 fully saturated rings. The average Bonchev–Trinajstić information content (AvgIpc) is 2.18. The van der Waals surface area contributed by atoms with Gasteiger partial charge in [-0.1, -0.05) is 65.7 Å². The van der Waals surface area contributed by atoms with Gasteiger partial charge in [-0.15, -0.1) is 0 Å². The molecular weight excluding hydrogens is 168 g/mol. The van der Waals surface area contributed by atoms with E-state index < -0.39 is 0 Å².